The van der Waals surface area contributed by atoms with Crippen molar-refractivity contribution < 1.29 is 8.91 Å². The molecule has 2 aromatic heterocycles. The van der Waals surface area contributed by atoms with Crippen LogP contribution in [0.1, 0.15) is 24.7 Å². The van der Waals surface area contributed by atoms with Crippen molar-refractivity contribution in [2.24, 2.45) is 0 Å². The number of thioether (sulfide) groups is 1. The van der Waals surface area contributed by atoms with Gasteiger partial charge in [0, 0.05) is 11.6 Å². The lowest BCUT2D eigenvalue weighted by atomic mass is 10.2. The highest BCUT2D eigenvalue weighted by Gasteiger charge is 2.28. The van der Waals surface area contributed by atoms with Crippen LogP contribution in [0.2, 0.25) is 0 Å². The molecule has 0 atom stereocenters. The van der Waals surface area contributed by atoms with E-state index in [9.17, 15) is 9.18 Å². The number of nitrogens with zero attached hydrogens (tertiary/aromatic N) is 4. The molecule has 0 unspecified atom stereocenters. The van der Waals surface area contributed by atoms with E-state index in [2.05, 4.69) is 15.1 Å². The zero-order valence-electron chi connectivity index (χ0n) is 14.7. The molecule has 2 heterocycles. The third kappa shape index (κ3) is 3.20. The van der Waals surface area contributed by atoms with Crippen LogP contribution in [0.15, 0.2) is 63.0 Å². The largest absolute Gasteiger partial charge is 0.334 e. The number of hydrogen-bond acceptors (Lipinski definition) is 6. The van der Waals surface area contributed by atoms with Gasteiger partial charge in [-0.3, -0.25) is 9.36 Å². The van der Waals surface area contributed by atoms with Gasteiger partial charge in [-0.05, 0) is 49.2 Å². The van der Waals surface area contributed by atoms with E-state index >= 15 is 0 Å². The van der Waals surface area contributed by atoms with Crippen LogP contribution in [-0.4, -0.2) is 19.7 Å². The maximum atomic E-state index is 13.1. The first-order valence-corrected chi connectivity index (χ1v) is 9.90. The summed E-state index contributed by atoms with van der Waals surface area (Å²) in [4.78, 5) is 21.9. The molecule has 1 saturated carbocycles. The van der Waals surface area contributed by atoms with Crippen molar-refractivity contribution >= 4 is 22.7 Å². The van der Waals surface area contributed by atoms with Crippen LogP contribution >= 0.6 is 11.8 Å². The summed E-state index contributed by atoms with van der Waals surface area (Å²) < 4.78 is 20.1. The SMILES string of the molecule is O=c1c2ccccc2nc(SCc2noc(-c3ccc(F)cc3)n2)n1C1CC1. The maximum absolute atomic E-state index is 13.1. The first-order valence-electron chi connectivity index (χ1n) is 8.91. The fraction of sp³-hybridized carbons (Fsp3) is 0.200. The van der Waals surface area contributed by atoms with Crippen LogP contribution < -0.4 is 5.56 Å². The lowest BCUT2D eigenvalue weighted by molar-refractivity contribution is 0.425. The van der Waals surface area contributed by atoms with Gasteiger partial charge in [-0.1, -0.05) is 29.1 Å². The second-order valence-corrected chi connectivity index (χ2v) is 7.57. The molecule has 0 spiro atoms. The number of para-hydroxylation sites is 1. The van der Waals surface area contributed by atoms with Gasteiger partial charge in [0.15, 0.2) is 11.0 Å². The van der Waals surface area contributed by atoms with Gasteiger partial charge in [0.05, 0.1) is 16.7 Å². The summed E-state index contributed by atoms with van der Waals surface area (Å²) in [6.07, 6.45) is 1.98. The Balaban J connectivity index is 1.43. The van der Waals surface area contributed by atoms with Crippen LogP contribution in [0.5, 0.6) is 0 Å². The number of rotatable bonds is 5. The van der Waals surface area contributed by atoms with E-state index in [1.807, 2.05) is 24.3 Å². The monoisotopic (exact) mass is 394 g/mol. The lowest BCUT2D eigenvalue weighted by Crippen LogP contribution is -2.22. The molecule has 0 saturated heterocycles. The second kappa shape index (κ2) is 6.87. The minimum atomic E-state index is -0.320. The van der Waals surface area contributed by atoms with E-state index in [1.165, 1.54) is 23.9 Å². The van der Waals surface area contributed by atoms with Crippen molar-refractivity contribution in [3.63, 3.8) is 0 Å². The Morgan fingerprint density at radius 1 is 1.11 bits per heavy atom. The molecule has 140 valence electrons. The van der Waals surface area contributed by atoms with E-state index < -0.39 is 0 Å². The summed E-state index contributed by atoms with van der Waals surface area (Å²) in [6.45, 7) is 0. The number of hydrogen-bond donors (Lipinski definition) is 0. The molecular weight excluding hydrogens is 379 g/mol. The first-order chi connectivity index (χ1) is 13.7. The molecule has 1 aliphatic rings. The van der Waals surface area contributed by atoms with Crippen LogP contribution in [0.3, 0.4) is 0 Å². The Morgan fingerprint density at radius 3 is 2.68 bits per heavy atom. The highest BCUT2D eigenvalue weighted by Crippen LogP contribution is 2.37. The molecule has 8 heteroatoms. The number of fused-ring (bicyclic) bond motifs is 1. The van der Waals surface area contributed by atoms with Gasteiger partial charge >= 0.3 is 0 Å². The quantitative estimate of drug-likeness (QED) is 0.373. The predicted octanol–water partition coefficient (Wildman–Crippen LogP) is 4.21. The number of halogens is 1. The van der Waals surface area contributed by atoms with E-state index in [0.717, 1.165) is 12.8 Å². The molecule has 6 nitrogen and oxygen atoms in total. The van der Waals surface area contributed by atoms with Gasteiger partial charge in [0.1, 0.15) is 5.82 Å². The molecular formula is C20H15FN4O2S. The maximum Gasteiger partial charge on any atom is 0.262 e. The average molecular weight is 394 g/mol. The van der Waals surface area contributed by atoms with Crippen LogP contribution in [-0.2, 0) is 5.75 Å². The van der Waals surface area contributed by atoms with Crippen molar-refractivity contribution in [1.29, 1.82) is 0 Å². The van der Waals surface area contributed by atoms with Gasteiger partial charge in [0.25, 0.3) is 11.4 Å². The van der Waals surface area contributed by atoms with Crippen molar-refractivity contribution in [3.05, 3.63) is 70.5 Å². The fourth-order valence-electron chi connectivity index (χ4n) is 3.03. The Hall–Kier alpha value is -3.00. The normalized spacial score (nSPS) is 13.9. The van der Waals surface area contributed by atoms with E-state index in [0.29, 0.717) is 39.1 Å². The smallest absolute Gasteiger partial charge is 0.262 e. The van der Waals surface area contributed by atoms with Gasteiger partial charge in [-0.25, -0.2) is 9.37 Å². The van der Waals surface area contributed by atoms with Crippen LogP contribution in [0.25, 0.3) is 22.4 Å². The Bertz CT molecular complexity index is 1220. The van der Waals surface area contributed by atoms with Crippen molar-refractivity contribution in [1.82, 2.24) is 19.7 Å². The Kier molecular flexibility index (Phi) is 4.20. The summed E-state index contributed by atoms with van der Waals surface area (Å²) in [5.41, 5.74) is 1.34. The molecule has 0 aliphatic heterocycles. The zero-order chi connectivity index (χ0) is 19.1. The number of aromatic nitrogens is 4. The van der Waals surface area contributed by atoms with Crippen molar-refractivity contribution in [2.75, 3.05) is 0 Å². The third-order valence-corrected chi connectivity index (χ3v) is 5.53. The van der Waals surface area contributed by atoms with Gasteiger partial charge in [-0.15, -0.1) is 0 Å². The van der Waals surface area contributed by atoms with E-state index in [1.54, 1.807) is 16.7 Å². The molecule has 0 amide bonds. The molecule has 0 N–H and O–H groups in total. The minimum Gasteiger partial charge on any atom is -0.334 e. The fourth-order valence-corrected chi connectivity index (χ4v) is 3.94. The zero-order valence-corrected chi connectivity index (χ0v) is 15.5. The molecule has 5 rings (SSSR count). The summed E-state index contributed by atoms with van der Waals surface area (Å²) >= 11 is 1.42. The van der Waals surface area contributed by atoms with E-state index in [4.69, 9.17) is 4.52 Å². The van der Waals surface area contributed by atoms with Gasteiger partial charge in [-0.2, -0.15) is 4.98 Å². The highest BCUT2D eigenvalue weighted by molar-refractivity contribution is 7.98. The first kappa shape index (κ1) is 17.1. The third-order valence-electron chi connectivity index (χ3n) is 4.58. The average Bonchev–Trinajstić information content (AvgIpc) is 3.43. The molecule has 1 aliphatic carbocycles. The summed E-state index contributed by atoms with van der Waals surface area (Å²) in [6, 6.07) is 13.5. The second-order valence-electron chi connectivity index (χ2n) is 6.63. The van der Waals surface area contributed by atoms with Crippen molar-refractivity contribution in [2.45, 2.75) is 29.8 Å². The Morgan fingerprint density at radius 2 is 1.89 bits per heavy atom. The predicted molar refractivity (Wildman–Crippen MR) is 104 cm³/mol. The number of benzene rings is 2. The lowest BCUT2D eigenvalue weighted by Gasteiger charge is -2.11. The molecule has 2 aromatic carbocycles. The van der Waals surface area contributed by atoms with Crippen molar-refractivity contribution in [3.8, 4) is 11.5 Å². The van der Waals surface area contributed by atoms with Crippen LogP contribution in [0.4, 0.5) is 4.39 Å². The molecule has 28 heavy (non-hydrogen) atoms. The molecule has 4 aromatic rings. The van der Waals surface area contributed by atoms with Gasteiger partial charge < -0.3 is 4.52 Å². The minimum absolute atomic E-state index is 0.00397. The summed E-state index contributed by atoms with van der Waals surface area (Å²) in [5.74, 6) is 0.928. The standard InChI is InChI=1S/C20H15FN4O2S/c21-13-7-5-12(6-8-13)18-23-17(24-27-18)11-28-20-22-16-4-2-1-3-15(16)19(26)25(20)14-9-10-14/h1-8,14H,9-11H2. The van der Waals surface area contributed by atoms with E-state index in [-0.39, 0.29) is 17.4 Å². The Labute approximate surface area is 163 Å². The molecule has 0 bridgehead atoms. The van der Waals surface area contributed by atoms with Crippen LogP contribution in [0, 0.1) is 5.82 Å². The topological polar surface area (TPSA) is 73.8 Å². The highest BCUT2D eigenvalue weighted by atomic mass is 32.2. The summed E-state index contributed by atoms with van der Waals surface area (Å²) in [5, 5.41) is 5.29. The molecule has 0 radical (unpaired) electrons. The summed E-state index contributed by atoms with van der Waals surface area (Å²) in [7, 11) is 0. The molecule has 1 fully saturated rings. The van der Waals surface area contributed by atoms with Gasteiger partial charge in [0.2, 0.25) is 0 Å².